The molecule has 17 heavy (non-hydrogen) atoms. The number of carbonyl (C=O) groups is 1. The molecule has 0 bridgehead atoms. The first-order chi connectivity index (χ1) is 8.29. The number of rotatable bonds is 3. The van der Waals surface area contributed by atoms with Crippen molar-refractivity contribution in [1.29, 1.82) is 0 Å². The van der Waals surface area contributed by atoms with E-state index in [0.29, 0.717) is 0 Å². The standard InChI is InChI=1S/C13H19N3O/c14-15-13(17)12-7-4-8-16(10-12)9-11-5-2-1-3-6-11/h1-3,5-6,12H,4,7-10,14H2,(H,15,17)/p+1/t12-/m1/s1. The van der Waals surface area contributed by atoms with Crippen LogP contribution in [-0.4, -0.2) is 19.0 Å². The third-order valence-corrected chi connectivity index (χ3v) is 3.43. The van der Waals surface area contributed by atoms with E-state index < -0.39 is 0 Å². The monoisotopic (exact) mass is 234 g/mol. The molecule has 1 heterocycles. The third kappa shape index (κ3) is 3.28. The average molecular weight is 234 g/mol. The first-order valence-corrected chi connectivity index (χ1v) is 6.17. The van der Waals surface area contributed by atoms with E-state index in [4.69, 9.17) is 5.84 Å². The average Bonchev–Trinajstić information content (AvgIpc) is 2.39. The maximum absolute atomic E-state index is 11.5. The van der Waals surface area contributed by atoms with Crippen molar-refractivity contribution in [3.63, 3.8) is 0 Å². The number of nitrogens with two attached hydrogens (primary N) is 1. The topological polar surface area (TPSA) is 59.6 Å². The summed E-state index contributed by atoms with van der Waals surface area (Å²) in [4.78, 5) is 13.0. The number of nitrogens with one attached hydrogen (secondary N) is 2. The maximum Gasteiger partial charge on any atom is 0.242 e. The molecule has 1 aromatic carbocycles. The van der Waals surface area contributed by atoms with Crippen LogP contribution in [0.4, 0.5) is 0 Å². The Kier molecular flexibility index (Phi) is 4.12. The summed E-state index contributed by atoms with van der Waals surface area (Å²) >= 11 is 0. The van der Waals surface area contributed by atoms with Crippen LogP contribution < -0.4 is 16.2 Å². The normalized spacial score (nSPS) is 24.3. The smallest absolute Gasteiger partial charge is 0.242 e. The maximum atomic E-state index is 11.5. The molecule has 1 saturated heterocycles. The molecule has 1 aromatic rings. The molecule has 1 fully saturated rings. The summed E-state index contributed by atoms with van der Waals surface area (Å²) in [6.07, 6.45) is 2.06. The number of benzene rings is 1. The van der Waals surface area contributed by atoms with Gasteiger partial charge in [0.2, 0.25) is 5.91 Å². The second kappa shape index (κ2) is 5.80. The Morgan fingerprint density at radius 2 is 2.18 bits per heavy atom. The van der Waals surface area contributed by atoms with Gasteiger partial charge in [-0.1, -0.05) is 30.3 Å². The van der Waals surface area contributed by atoms with Gasteiger partial charge >= 0.3 is 0 Å². The van der Waals surface area contributed by atoms with E-state index in [1.165, 1.54) is 10.5 Å². The Morgan fingerprint density at radius 3 is 2.88 bits per heavy atom. The van der Waals surface area contributed by atoms with Crippen molar-refractivity contribution in [2.24, 2.45) is 11.8 Å². The van der Waals surface area contributed by atoms with Crippen LogP contribution in [0, 0.1) is 5.92 Å². The summed E-state index contributed by atoms with van der Waals surface area (Å²) in [6, 6.07) is 10.4. The highest BCUT2D eigenvalue weighted by molar-refractivity contribution is 5.78. The van der Waals surface area contributed by atoms with Crippen molar-refractivity contribution < 1.29 is 9.69 Å². The first-order valence-electron chi connectivity index (χ1n) is 6.17. The van der Waals surface area contributed by atoms with Gasteiger partial charge in [-0.3, -0.25) is 10.2 Å². The summed E-state index contributed by atoms with van der Waals surface area (Å²) in [5.41, 5.74) is 3.60. The fraction of sp³-hybridized carbons (Fsp3) is 0.462. The Hall–Kier alpha value is -1.39. The minimum absolute atomic E-state index is 0.0183. The Bertz CT molecular complexity index is 366. The van der Waals surface area contributed by atoms with Crippen molar-refractivity contribution in [2.45, 2.75) is 19.4 Å². The fourth-order valence-electron chi connectivity index (χ4n) is 2.54. The minimum atomic E-state index is -0.0183. The number of hydrogen-bond donors (Lipinski definition) is 3. The predicted octanol–water partition coefficient (Wildman–Crippen LogP) is -0.529. The highest BCUT2D eigenvalue weighted by Gasteiger charge is 2.28. The number of likely N-dealkylation sites (tertiary alicyclic amines) is 1. The molecular weight excluding hydrogens is 214 g/mol. The Labute approximate surface area is 102 Å². The number of carbonyl (C=O) groups excluding carboxylic acids is 1. The molecule has 1 amide bonds. The van der Waals surface area contributed by atoms with Crippen LogP contribution in [0.5, 0.6) is 0 Å². The van der Waals surface area contributed by atoms with E-state index in [2.05, 4.69) is 29.7 Å². The van der Waals surface area contributed by atoms with Crippen molar-refractivity contribution in [3.05, 3.63) is 35.9 Å². The van der Waals surface area contributed by atoms with Gasteiger partial charge in [-0.15, -0.1) is 0 Å². The molecule has 0 aliphatic carbocycles. The summed E-state index contributed by atoms with van der Waals surface area (Å²) in [5.74, 6) is 5.25. The van der Waals surface area contributed by atoms with E-state index >= 15 is 0 Å². The lowest BCUT2D eigenvalue weighted by molar-refractivity contribution is -0.921. The first kappa shape index (κ1) is 12.1. The van der Waals surface area contributed by atoms with E-state index in [1.54, 1.807) is 0 Å². The molecule has 4 nitrogen and oxygen atoms in total. The minimum Gasteiger partial charge on any atom is -0.331 e. The Morgan fingerprint density at radius 1 is 1.41 bits per heavy atom. The summed E-state index contributed by atoms with van der Waals surface area (Å²) < 4.78 is 0. The van der Waals surface area contributed by atoms with Gasteiger partial charge in [0.05, 0.1) is 19.0 Å². The van der Waals surface area contributed by atoms with Gasteiger partial charge < -0.3 is 4.90 Å². The van der Waals surface area contributed by atoms with E-state index in [1.807, 2.05) is 6.07 Å². The molecule has 0 aromatic heterocycles. The zero-order valence-electron chi connectivity index (χ0n) is 9.99. The molecule has 4 heteroatoms. The van der Waals surface area contributed by atoms with Gasteiger partial charge in [-0.2, -0.15) is 0 Å². The molecule has 0 spiro atoms. The van der Waals surface area contributed by atoms with Crippen LogP contribution in [0.1, 0.15) is 18.4 Å². The number of piperidine rings is 1. The number of hydrazine groups is 1. The predicted molar refractivity (Wildman–Crippen MR) is 65.9 cm³/mol. The van der Waals surface area contributed by atoms with Crippen molar-refractivity contribution in [1.82, 2.24) is 5.43 Å². The molecule has 2 rings (SSSR count). The zero-order valence-corrected chi connectivity index (χ0v) is 9.99. The zero-order chi connectivity index (χ0) is 12.1. The lowest BCUT2D eigenvalue weighted by Crippen LogP contribution is -3.12. The van der Waals surface area contributed by atoms with Crippen LogP contribution in [0.3, 0.4) is 0 Å². The van der Waals surface area contributed by atoms with Gasteiger partial charge in [-0.05, 0) is 12.8 Å². The van der Waals surface area contributed by atoms with Crippen LogP contribution in [-0.2, 0) is 11.3 Å². The highest BCUT2D eigenvalue weighted by atomic mass is 16.2. The lowest BCUT2D eigenvalue weighted by atomic mass is 9.97. The van der Waals surface area contributed by atoms with Crippen LogP contribution in [0.25, 0.3) is 0 Å². The summed E-state index contributed by atoms with van der Waals surface area (Å²) in [5, 5.41) is 0. The second-order valence-corrected chi connectivity index (χ2v) is 4.71. The van der Waals surface area contributed by atoms with Gasteiger partial charge in [0.1, 0.15) is 6.54 Å². The van der Waals surface area contributed by atoms with Crippen LogP contribution >= 0.6 is 0 Å². The van der Waals surface area contributed by atoms with Gasteiger partial charge in [-0.25, -0.2) is 5.84 Å². The molecule has 1 aliphatic rings. The number of hydrogen-bond acceptors (Lipinski definition) is 2. The van der Waals surface area contributed by atoms with Gasteiger partial charge in [0.25, 0.3) is 0 Å². The summed E-state index contributed by atoms with van der Waals surface area (Å²) in [7, 11) is 0. The number of amides is 1. The SMILES string of the molecule is NNC(=O)[C@@H]1CCC[NH+](Cc2ccccc2)C1. The summed E-state index contributed by atoms with van der Waals surface area (Å²) in [6.45, 7) is 3.02. The van der Waals surface area contributed by atoms with E-state index in [-0.39, 0.29) is 11.8 Å². The quantitative estimate of drug-likeness (QED) is 0.374. The fourth-order valence-corrected chi connectivity index (χ4v) is 2.54. The van der Waals surface area contributed by atoms with Crippen molar-refractivity contribution >= 4 is 5.91 Å². The molecule has 2 atom stereocenters. The highest BCUT2D eigenvalue weighted by Crippen LogP contribution is 2.07. The van der Waals surface area contributed by atoms with Crippen molar-refractivity contribution in [3.8, 4) is 0 Å². The largest absolute Gasteiger partial charge is 0.331 e. The molecule has 1 unspecified atom stereocenters. The van der Waals surface area contributed by atoms with Gasteiger partial charge in [0, 0.05) is 5.56 Å². The van der Waals surface area contributed by atoms with Crippen LogP contribution in [0.15, 0.2) is 30.3 Å². The molecule has 1 aliphatic heterocycles. The molecule has 92 valence electrons. The Balaban J connectivity index is 1.92. The number of quaternary nitrogens is 1. The molecule has 4 N–H and O–H groups in total. The molecule has 0 radical (unpaired) electrons. The second-order valence-electron chi connectivity index (χ2n) is 4.71. The van der Waals surface area contributed by atoms with E-state index in [0.717, 1.165) is 32.5 Å². The molecule has 0 saturated carbocycles. The van der Waals surface area contributed by atoms with Crippen molar-refractivity contribution in [2.75, 3.05) is 13.1 Å². The lowest BCUT2D eigenvalue weighted by Gasteiger charge is -2.28. The molecular formula is C13H20N3O+. The van der Waals surface area contributed by atoms with Gasteiger partial charge in [0.15, 0.2) is 0 Å². The van der Waals surface area contributed by atoms with E-state index in [9.17, 15) is 4.79 Å². The third-order valence-electron chi connectivity index (χ3n) is 3.43. The van der Waals surface area contributed by atoms with Crippen LogP contribution in [0.2, 0.25) is 0 Å².